The highest BCUT2D eigenvalue weighted by atomic mass is 35.5. The van der Waals surface area contributed by atoms with Crippen LogP contribution < -0.4 is 4.74 Å². The average molecular weight is 369 g/mol. The first-order chi connectivity index (χ1) is 12.1. The van der Waals surface area contributed by atoms with E-state index in [1.165, 1.54) is 0 Å². The minimum Gasteiger partial charge on any atom is -0.497 e. The summed E-state index contributed by atoms with van der Waals surface area (Å²) in [5.41, 5.74) is 2.88. The van der Waals surface area contributed by atoms with E-state index in [-0.39, 0.29) is 5.92 Å². The molecule has 0 unspecified atom stereocenters. The summed E-state index contributed by atoms with van der Waals surface area (Å²) in [6.45, 7) is 0. The summed E-state index contributed by atoms with van der Waals surface area (Å²) < 4.78 is 4.39. The predicted molar refractivity (Wildman–Crippen MR) is 104 cm³/mol. The molecule has 2 atom stereocenters. The van der Waals surface area contributed by atoms with Gasteiger partial charge in [-0.25, -0.2) is 0 Å². The van der Waals surface area contributed by atoms with Crippen LogP contribution in [0.5, 0.6) is 5.75 Å². The number of halogens is 2. The molecule has 3 aromatic carbocycles. The number of methoxy groups -OCH3 is 1. The third-order valence-corrected chi connectivity index (χ3v) is 6.18. The normalized spacial score (nSPS) is 23.9. The van der Waals surface area contributed by atoms with Crippen molar-refractivity contribution < 1.29 is 4.74 Å². The van der Waals surface area contributed by atoms with Gasteiger partial charge in [-0.1, -0.05) is 96.0 Å². The van der Waals surface area contributed by atoms with Crippen LogP contribution >= 0.6 is 23.2 Å². The van der Waals surface area contributed by atoms with Crippen LogP contribution in [0, 0.1) is 0 Å². The van der Waals surface area contributed by atoms with Gasteiger partial charge < -0.3 is 4.74 Å². The molecule has 0 heterocycles. The molecule has 1 saturated carbocycles. The van der Waals surface area contributed by atoms with Gasteiger partial charge in [0.05, 0.1) is 12.5 Å². The highest BCUT2D eigenvalue weighted by Crippen LogP contribution is 2.77. The van der Waals surface area contributed by atoms with E-state index in [1.54, 1.807) is 7.11 Å². The molecule has 3 heteroatoms. The number of ether oxygens (including phenoxy) is 1. The smallest absolute Gasteiger partial charge is 0.140 e. The molecule has 1 aliphatic carbocycles. The molecule has 0 spiro atoms. The van der Waals surface area contributed by atoms with E-state index >= 15 is 0 Å². The molecular formula is C22H18Cl2O. The zero-order valence-electron chi connectivity index (χ0n) is 13.8. The third kappa shape index (κ3) is 2.38. The Bertz CT molecular complexity index is 860. The van der Waals surface area contributed by atoms with Crippen LogP contribution in [0.2, 0.25) is 0 Å². The van der Waals surface area contributed by atoms with Gasteiger partial charge >= 0.3 is 0 Å². The lowest BCUT2D eigenvalue weighted by Gasteiger charge is -2.20. The zero-order chi connectivity index (χ0) is 17.5. The Labute approximate surface area is 158 Å². The number of hydrogen-bond donors (Lipinski definition) is 0. The SMILES string of the molecule is COc1ccc([C@]2(c3ccccc3)[C@@H](c3ccccc3)C2(Cl)Cl)cc1. The summed E-state index contributed by atoms with van der Waals surface area (Å²) in [7, 11) is 1.67. The van der Waals surface area contributed by atoms with Crippen molar-refractivity contribution in [2.75, 3.05) is 7.11 Å². The monoisotopic (exact) mass is 368 g/mol. The number of rotatable bonds is 4. The lowest BCUT2D eigenvalue weighted by molar-refractivity contribution is 0.414. The van der Waals surface area contributed by atoms with Gasteiger partial charge in [-0.15, -0.1) is 0 Å². The third-order valence-electron chi connectivity index (χ3n) is 5.15. The summed E-state index contributed by atoms with van der Waals surface area (Å²) in [5.74, 6) is 0.805. The van der Waals surface area contributed by atoms with E-state index in [2.05, 4.69) is 36.4 Å². The van der Waals surface area contributed by atoms with Crippen molar-refractivity contribution in [3.63, 3.8) is 0 Å². The second kappa shape index (κ2) is 6.09. The lowest BCUT2D eigenvalue weighted by Crippen LogP contribution is -2.17. The molecule has 3 aromatic rings. The highest BCUT2D eigenvalue weighted by Gasteiger charge is 2.77. The van der Waals surface area contributed by atoms with Crippen molar-refractivity contribution in [1.82, 2.24) is 0 Å². The fraction of sp³-hybridized carbons (Fsp3) is 0.182. The van der Waals surface area contributed by atoms with Crippen LogP contribution in [0.4, 0.5) is 0 Å². The molecule has 0 amide bonds. The first-order valence-electron chi connectivity index (χ1n) is 8.25. The van der Waals surface area contributed by atoms with Gasteiger partial charge in [-0.05, 0) is 28.8 Å². The van der Waals surface area contributed by atoms with Gasteiger partial charge in [0.15, 0.2) is 0 Å². The largest absolute Gasteiger partial charge is 0.497 e. The van der Waals surface area contributed by atoms with Gasteiger partial charge in [0.2, 0.25) is 0 Å². The van der Waals surface area contributed by atoms with Crippen molar-refractivity contribution in [3.8, 4) is 5.75 Å². The fourth-order valence-corrected chi connectivity index (χ4v) is 5.07. The minimum absolute atomic E-state index is 0.0136. The molecule has 1 fully saturated rings. The van der Waals surface area contributed by atoms with E-state index in [0.29, 0.717) is 0 Å². The Morgan fingerprint density at radius 3 is 1.80 bits per heavy atom. The van der Waals surface area contributed by atoms with Crippen molar-refractivity contribution in [1.29, 1.82) is 0 Å². The van der Waals surface area contributed by atoms with E-state index in [9.17, 15) is 0 Å². The van der Waals surface area contributed by atoms with Gasteiger partial charge in [0.1, 0.15) is 10.1 Å². The summed E-state index contributed by atoms with van der Waals surface area (Å²) in [5, 5.41) is 0. The molecule has 0 N–H and O–H groups in total. The summed E-state index contributed by atoms with van der Waals surface area (Å²) in [6.07, 6.45) is 0. The van der Waals surface area contributed by atoms with E-state index in [0.717, 1.165) is 22.4 Å². The Hall–Kier alpha value is -1.96. The van der Waals surface area contributed by atoms with Crippen LogP contribution in [-0.4, -0.2) is 11.4 Å². The number of hydrogen-bond acceptors (Lipinski definition) is 1. The van der Waals surface area contributed by atoms with Crippen LogP contribution in [0.1, 0.15) is 22.6 Å². The Morgan fingerprint density at radius 1 is 0.720 bits per heavy atom. The molecular weight excluding hydrogens is 351 g/mol. The average Bonchev–Trinajstić information content (AvgIpc) is 3.20. The summed E-state index contributed by atoms with van der Waals surface area (Å²) >= 11 is 13.9. The predicted octanol–water partition coefficient (Wildman–Crippen LogP) is 5.95. The van der Waals surface area contributed by atoms with Gasteiger partial charge in [-0.3, -0.25) is 0 Å². The highest BCUT2D eigenvalue weighted by molar-refractivity contribution is 6.53. The van der Waals surface area contributed by atoms with Gasteiger partial charge in [-0.2, -0.15) is 0 Å². The first kappa shape index (κ1) is 16.5. The molecule has 4 rings (SSSR count). The maximum absolute atomic E-state index is 6.94. The van der Waals surface area contributed by atoms with E-state index in [4.69, 9.17) is 27.9 Å². The maximum atomic E-state index is 6.94. The van der Waals surface area contributed by atoms with Crippen LogP contribution in [0.15, 0.2) is 84.9 Å². The van der Waals surface area contributed by atoms with Gasteiger partial charge in [0, 0.05) is 5.92 Å². The van der Waals surface area contributed by atoms with Crippen molar-refractivity contribution in [2.24, 2.45) is 0 Å². The zero-order valence-corrected chi connectivity index (χ0v) is 15.3. The molecule has 25 heavy (non-hydrogen) atoms. The maximum Gasteiger partial charge on any atom is 0.140 e. The summed E-state index contributed by atoms with van der Waals surface area (Å²) in [4.78, 5) is 0. The van der Waals surface area contributed by atoms with E-state index in [1.807, 2.05) is 48.5 Å². The Balaban J connectivity index is 1.92. The van der Waals surface area contributed by atoms with E-state index < -0.39 is 9.75 Å². The molecule has 1 nitrogen and oxygen atoms in total. The standard InChI is InChI=1S/C22H18Cl2O/c1-25-19-14-12-18(13-15-19)21(17-10-6-3-7-11-17)20(22(21,23)24)16-8-4-2-5-9-16/h2-15,20H,1H3/t20-,21-/m1/s1. The molecule has 0 radical (unpaired) electrons. The summed E-state index contributed by atoms with van der Waals surface area (Å²) in [6, 6.07) is 28.6. The van der Waals surface area contributed by atoms with Crippen molar-refractivity contribution >= 4 is 23.2 Å². The van der Waals surface area contributed by atoms with Gasteiger partial charge in [0.25, 0.3) is 0 Å². The lowest BCUT2D eigenvalue weighted by atomic mass is 9.84. The molecule has 0 aliphatic heterocycles. The second-order valence-corrected chi connectivity index (χ2v) is 7.76. The van der Waals surface area contributed by atoms with Crippen LogP contribution in [-0.2, 0) is 5.41 Å². The molecule has 126 valence electrons. The number of alkyl halides is 2. The Morgan fingerprint density at radius 2 is 1.24 bits per heavy atom. The Kier molecular flexibility index (Phi) is 4.02. The fourth-order valence-electron chi connectivity index (χ4n) is 3.95. The second-order valence-electron chi connectivity index (χ2n) is 6.37. The molecule has 0 saturated heterocycles. The molecule has 1 aliphatic rings. The molecule has 0 aromatic heterocycles. The first-order valence-corrected chi connectivity index (χ1v) is 9.01. The van der Waals surface area contributed by atoms with Crippen molar-refractivity contribution in [2.45, 2.75) is 15.7 Å². The van der Waals surface area contributed by atoms with Crippen LogP contribution in [0.3, 0.4) is 0 Å². The number of benzene rings is 3. The minimum atomic E-state index is -0.912. The van der Waals surface area contributed by atoms with Crippen LogP contribution in [0.25, 0.3) is 0 Å². The molecule has 0 bridgehead atoms. The van der Waals surface area contributed by atoms with Crippen molar-refractivity contribution in [3.05, 3.63) is 102 Å². The quantitative estimate of drug-likeness (QED) is 0.516. The topological polar surface area (TPSA) is 9.23 Å².